The SMILES string of the molecule is CCCCCCCCCCN(N=O)C(C)=O. The number of carbonyl (C=O) groups is 1. The lowest BCUT2D eigenvalue weighted by atomic mass is 10.1. The van der Waals surface area contributed by atoms with Crippen LogP contribution in [0.1, 0.15) is 65.2 Å². The van der Waals surface area contributed by atoms with Crippen molar-refractivity contribution < 1.29 is 4.79 Å². The second-order valence-electron chi connectivity index (χ2n) is 4.20. The molecule has 0 aliphatic rings. The van der Waals surface area contributed by atoms with Gasteiger partial charge in [-0.05, 0) is 6.42 Å². The summed E-state index contributed by atoms with van der Waals surface area (Å²) in [5.74, 6) is -0.266. The Morgan fingerprint density at radius 1 is 1.00 bits per heavy atom. The summed E-state index contributed by atoms with van der Waals surface area (Å²) >= 11 is 0. The Morgan fingerprint density at radius 3 is 1.94 bits per heavy atom. The standard InChI is InChI=1S/C12H24N2O2/c1-3-4-5-6-7-8-9-10-11-14(13-16)12(2)15/h3-11H2,1-2H3. The molecule has 0 radical (unpaired) electrons. The van der Waals surface area contributed by atoms with E-state index in [9.17, 15) is 9.70 Å². The number of nitrogens with zero attached hydrogens (tertiary/aromatic N) is 2. The zero-order valence-corrected chi connectivity index (χ0v) is 10.6. The molecule has 0 aromatic heterocycles. The van der Waals surface area contributed by atoms with Gasteiger partial charge < -0.3 is 0 Å². The number of amides is 1. The molecule has 0 aromatic rings. The molecular weight excluding hydrogens is 204 g/mol. The third-order valence-electron chi connectivity index (χ3n) is 2.69. The highest BCUT2D eigenvalue weighted by Crippen LogP contribution is 2.08. The lowest BCUT2D eigenvalue weighted by Crippen LogP contribution is -2.23. The summed E-state index contributed by atoms with van der Waals surface area (Å²) in [5.41, 5.74) is 0. The van der Waals surface area contributed by atoms with Crippen molar-refractivity contribution in [2.24, 2.45) is 5.29 Å². The Labute approximate surface area is 98.3 Å². The zero-order chi connectivity index (χ0) is 12.2. The van der Waals surface area contributed by atoms with Crippen LogP contribution in [0.3, 0.4) is 0 Å². The molecule has 0 spiro atoms. The molecule has 0 N–H and O–H groups in total. The topological polar surface area (TPSA) is 49.7 Å². The van der Waals surface area contributed by atoms with Crippen LogP contribution >= 0.6 is 0 Å². The van der Waals surface area contributed by atoms with Gasteiger partial charge in [-0.1, -0.05) is 51.9 Å². The lowest BCUT2D eigenvalue weighted by Gasteiger charge is -2.09. The van der Waals surface area contributed by atoms with Gasteiger partial charge in [0, 0.05) is 13.5 Å². The Bertz CT molecular complexity index is 195. The Hall–Kier alpha value is -0.930. The van der Waals surface area contributed by atoms with Crippen LogP contribution in [0, 0.1) is 4.91 Å². The summed E-state index contributed by atoms with van der Waals surface area (Å²) in [6.45, 7) is 4.04. The minimum Gasteiger partial charge on any atom is -0.273 e. The summed E-state index contributed by atoms with van der Waals surface area (Å²) < 4.78 is 0. The van der Waals surface area contributed by atoms with Crippen molar-refractivity contribution in [3.05, 3.63) is 4.91 Å². The van der Waals surface area contributed by atoms with Crippen molar-refractivity contribution in [3.8, 4) is 0 Å². The fourth-order valence-electron chi connectivity index (χ4n) is 1.65. The van der Waals surface area contributed by atoms with E-state index in [1.165, 1.54) is 45.4 Å². The highest BCUT2D eigenvalue weighted by Gasteiger charge is 2.06. The number of hydrogen-bond acceptors (Lipinski definition) is 3. The molecule has 0 atom stereocenters. The fourth-order valence-corrected chi connectivity index (χ4v) is 1.65. The summed E-state index contributed by atoms with van der Waals surface area (Å²) in [6.07, 6.45) is 9.63. The summed E-state index contributed by atoms with van der Waals surface area (Å²) in [6, 6.07) is 0. The van der Waals surface area contributed by atoms with Gasteiger partial charge in [-0.3, -0.25) is 4.79 Å². The van der Waals surface area contributed by atoms with Crippen LogP contribution in [0.2, 0.25) is 0 Å². The molecule has 0 bridgehead atoms. The first-order valence-corrected chi connectivity index (χ1v) is 6.33. The van der Waals surface area contributed by atoms with Gasteiger partial charge in [0.05, 0.1) is 5.29 Å². The maximum atomic E-state index is 10.8. The van der Waals surface area contributed by atoms with E-state index in [0.29, 0.717) is 6.54 Å². The van der Waals surface area contributed by atoms with Crippen LogP contribution in [0.15, 0.2) is 5.29 Å². The van der Waals surface area contributed by atoms with Gasteiger partial charge in [-0.2, -0.15) is 5.01 Å². The van der Waals surface area contributed by atoms with Crippen LogP contribution in [0.5, 0.6) is 0 Å². The van der Waals surface area contributed by atoms with Gasteiger partial charge in [0.2, 0.25) is 5.91 Å². The molecule has 0 saturated carbocycles. The first-order valence-electron chi connectivity index (χ1n) is 6.33. The van der Waals surface area contributed by atoms with Gasteiger partial charge in [-0.15, -0.1) is 4.91 Å². The zero-order valence-electron chi connectivity index (χ0n) is 10.6. The van der Waals surface area contributed by atoms with Crippen LogP contribution in [0.25, 0.3) is 0 Å². The van der Waals surface area contributed by atoms with Crippen LogP contribution in [0.4, 0.5) is 0 Å². The maximum absolute atomic E-state index is 10.8. The van der Waals surface area contributed by atoms with E-state index in [2.05, 4.69) is 12.2 Å². The van der Waals surface area contributed by atoms with Crippen molar-refractivity contribution in [1.29, 1.82) is 0 Å². The minimum atomic E-state index is -0.266. The van der Waals surface area contributed by atoms with Crippen molar-refractivity contribution in [2.75, 3.05) is 6.54 Å². The summed E-state index contributed by atoms with van der Waals surface area (Å²) in [4.78, 5) is 21.1. The molecular formula is C12H24N2O2. The molecule has 0 rings (SSSR count). The number of hydrogen-bond donors (Lipinski definition) is 0. The average Bonchev–Trinajstić information content (AvgIpc) is 2.26. The van der Waals surface area contributed by atoms with E-state index in [0.717, 1.165) is 17.9 Å². The summed E-state index contributed by atoms with van der Waals surface area (Å²) in [7, 11) is 0. The average molecular weight is 228 g/mol. The van der Waals surface area contributed by atoms with Crippen molar-refractivity contribution >= 4 is 5.91 Å². The summed E-state index contributed by atoms with van der Waals surface area (Å²) in [5, 5.41) is 3.68. The third-order valence-corrected chi connectivity index (χ3v) is 2.69. The van der Waals surface area contributed by atoms with Crippen molar-refractivity contribution in [3.63, 3.8) is 0 Å². The molecule has 4 heteroatoms. The van der Waals surface area contributed by atoms with Crippen LogP contribution in [-0.4, -0.2) is 17.5 Å². The molecule has 0 saturated heterocycles. The van der Waals surface area contributed by atoms with E-state index >= 15 is 0 Å². The van der Waals surface area contributed by atoms with Crippen molar-refractivity contribution in [2.45, 2.75) is 65.2 Å². The normalized spacial score (nSPS) is 10.1. The predicted molar refractivity (Wildman–Crippen MR) is 65.8 cm³/mol. The molecule has 4 nitrogen and oxygen atoms in total. The highest BCUT2D eigenvalue weighted by atomic mass is 16.3. The van der Waals surface area contributed by atoms with E-state index in [4.69, 9.17) is 0 Å². The molecule has 0 fully saturated rings. The number of rotatable bonds is 10. The van der Waals surface area contributed by atoms with Crippen LogP contribution in [-0.2, 0) is 4.79 Å². The smallest absolute Gasteiger partial charge is 0.242 e. The molecule has 94 valence electrons. The molecule has 0 heterocycles. The lowest BCUT2D eigenvalue weighted by molar-refractivity contribution is -0.129. The predicted octanol–water partition coefficient (Wildman–Crippen LogP) is 3.66. The molecule has 0 aromatic carbocycles. The molecule has 0 aliphatic carbocycles. The van der Waals surface area contributed by atoms with E-state index in [1.54, 1.807) is 0 Å². The first kappa shape index (κ1) is 15.1. The fraction of sp³-hybridized carbons (Fsp3) is 0.917. The maximum Gasteiger partial charge on any atom is 0.242 e. The quantitative estimate of drug-likeness (QED) is 0.325. The van der Waals surface area contributed by atoms with Crippen LogP contribution < -0.4 is 0 Å². The number of unbranched alkanes of at least 4 members (excludes halogenated alkanes) is 7. The monoisotopic (exact) mass is 228 g/mol. The Balaban J connectivity index is 3.26. The molecule has 16 heavy (non-hydrogen) atoms. The molecule has 0 unspecified atom stereocenters. The van der Waals surface area contributed by atoms with E-state index in [-0.39, 0.29) is 5.91 Å². The van der Waals surface area contributed by atoms with E-state index in [1.807, 2.05) is 0 Å². The minimum absolute atomic E-state index is 0.266. The number of nitroso groups, excluding NO2 is 1. The van der Waals surface area contributed by atoms with Gasteiger partial charge in [0.25, 0.3) is 0 Å². The third kappa shape index (κ3) is 8.38. The van der Waals surface area contributed by atoms with E-state index < -0.39 is 0 Å². The van der Waals surface area contributed by atoms with Gasteiger partial charge >= 0.3 is 0 Å². The number of carbonyl (C=O) groups excluding carboxylic acids is 1. The second-order valence-corrected chi connectivity index (χ2v) is 4.20. The second kappa shape index (κ2) is 10.6. The Morgan fingerprint density at radius 2 is 1.50 bits per heavy atom. The van der Waals surface area contributed by atoms with Gasteiger partial charge in [0.1, 0.15) is 0 Å². The highest BCUT2D eigenvalue weighted by molar-refractivity contribution is 5.72. The largest absolute Gasteiger partial charge is 0.273 e. The molecule has 1 amide bonds. The van der Waals surface area contributed by atoms with Gasteiger partial charge in [-0.25, -0.2) is 0 Å². The van der Waals surface area contributed by atoms with Crippen molar-refractivity contribution in [1.82, 2.24) is 5.01 Å². The Kier molecular flexibility index (Phi) is 9.97. The molecule has 0 aliphatic heterocycles. The van der Waals surface area contributed by atoms with Gasteiger partial charge in [0.15, 0.2) is 0 Å². The first-order chi connectivity index (χ1) is 7.72.